The summed E-state index contributed by atoms with van der Waals surface area (Å²) >= 11 is 0.983. The van der Waals surface area contributed by atoms with Gasteiger partial charge in [0, 0.05) is 6.92 Å². The first-order valence-electron chi connectivity index (χ1n) is 4.63. The van der Waals surface area contributed by atoms with E-state index in [4.69, 9.17) is 9.84 Å². The Morgan fingerprint density at radius 2 is 2.25 bits per heavy atom. The first kappa shape index (κ1) is 12.6. The van der Waals surface area contributed by atoms with Gasteiger partial charge in [0.15, 0.2) is 5.13 Å². The number of nitrogens with zero attached hydrogens (tertiary/aromatic N) is 1. The van der Waals surface area contributed by atoms with Crippen molar-refractivity contribution >= 4 is 28.3 Å². The van der Waals surface area contributed by atoms with Gasteiger partial charge in [0.25, 0.3) is 0 Å². The average molecular weight is 244 g/mol. The Kier molecular flexibility index (Phi) is 4.39. The molecule has 88 valence electrons. The molecule has 0 saturated heterocycles. The van der Waals surface area contributed by atoms with Gasteiger partial charge in [-0.05, 0) is 6.92 Å². The summed E-state index contributed by atoms with van der Waals surface area (Å²) in [5.74, 6) is -0.825. The minimum absolute atomic E-state index is 0.215. The summed E-state index contributed by atoms with van der Waals surface area (Å²) in [6.45, 7) is 2.90. The maximum atomic E-state index is 11.4. The highest BCUT2D eigenvalue weighted by atomic mass is 32.1. The normalized spacial score (nSPS) is 9.94. The van der Waals surface area contributed by atoms with E-state index in [2.05, 4.69) is 10.3 Å². The Bertz CT molecular complexity index is 402. The van der Waals surface area contributed by atoms with Gasteiger partial charge in [-0.25, -0.2) is 9.78 Å². The molecule has 1 heterocycles. The van der Waals surface area contributed by atoms with Crippen LogP contribution in [-0.4, -0.2) is 28.6 Å². The molecule has 2 N–H and O–H groups in total. The van der Waals surface area contributed by atoms with Crippen molar-refractivity contribution in [3.63, 3.8) is 0 Å². The van der Waals surface area contributed by atoms with E-state index in [1.807, 2.05) is 0 Å². The van der Waals surface area contributed by atoms with Gasteiger partial charge in [0.1, 0.15) is 4.88 Å². The Morgan fingerprint density at radius 3 is 2.75 bits per heavy atom. The topological polar surface area (TPSA) is 88.5 Å². The molecular weight excluding hydrogens is 232 g/mol. The van der Waals surface area contributed by atoms with Gasteiger partial charge < -0.3 is 15.2 Å². The second kappa shape index (κ2) is 5.57. The predicted molar refractivity (Wildman–Crippen MR) is 58.3 cm³/mol. The molecule has 0 aliphatic carbocycles. The van der Waals surface area contributed by atoms with Crippen molar-refractivity contribution in [1.29, 1.82) is 0 Å². The van der Waals surface area contributed by atoms with Gasteiger partial charge in [-0.3, -0.25) is 4.79 Å². The zero-order valence-corrected chi connectivity index (χ0v) is 9.76. The number of hydrogen-bond donors (Lipinski definition) is 2. The van der Waals surface area contributed by atoms with Crippen LogP contribution in [0, 0.1) is 0 Å². The highest BCUT2D eigenvalue weighted by Crippen LogP contribution is 2.24. The molecule has 0 aromatic carbocycles. The lowest BCUT2D eigenvalue weighted by atomic mass is 10.4. The van der Waals surface area contributed by atoms with Crippen LogP contribution in [0.15, 0.2) is 0 Å². The van der Waals surface area contributed by atoms with Crippen LogP contribution in [0.4, 0.5) is 5.13 Å². The molecule has 0 atom stereocenters. The fourth-order valence-corrected chi connectivity index (χ4v) is 1.93. The molecule has 1 aromatic heterocycles. The summed E-state index contributed by atoms with van der Waals surface area (Å²) in [7, 11) is 0. The van der Waals surface area contributed by atoms with Crippen LogP contribution in [0.3, 0.4) is 0 Å². The largest absolute Gasteiger partial charge is 0.462 e. The molecule has 0 aliphatic rings. The molecule has 6 nitrogen and oxygen atoms in total. The van der Waals surface area contributed by atoms with Gasteiger partial charge >= 0.3 is 5.97 Å². The third-order valence-corrected chi connectivity index (χ3v) is 2.58. The lowest BCUT2D eigenvalue weighted by Gasteiger charge is -1.98. The van der Waals surface area contributed by atoms with Crippen LogP contribution in [0.25, 0.3) is 0 Å². The second-order valence-electron chi connectivity index (χ2n) is 2.85. The average Bonchev–Trinajstić information content (AvgIpc) is 2.60. The number of aliphatic hydroxyl groups excluding tert-OH is 1. The summed E-state index contributed by atoms with van der Waals surface area (Å²) in [5, 5.41) is 11.7. The molecule has 0 saturated carbocycles. The van der Waals surface area contributed by atoms with Crippen molar-refractivity contribution in [3.05, 3.63) is 10.6 Å². The van der Waals surface area contributed by atoms with Gasteiger partial charge in [0.05, 0.1) is 18.9 Å². The van der Waals surface area contributed by atoms with Crippen LogP contribution >= 0.6 is 11.3 Å². The molecule has 0 unspecified atom stereocenters. The van der Waals surface area contributed by atoms with E-state index in [1.165, 1.54) is 6.92 Å². The second-order valence-corrected chi connectivity index (χ2v) is 3.85. The van der Waals surface area contributed by atoms with Crippen LogP contribution in [-0.2, 0) is 16.1 Å². The number of aliphatic hydroxyl groups is 1. The van der Waals surface area contributed by atoms with Gasteiger partial charge in [-0.1, -0.05) is 11.3 Å². The zero-order valence-electron chi connectivity index (χ0n) is 8.94. The molecule has 1 amide bonds. The Balaban J connectivity index is 2.94. The number of nitrogens with one attached hydrogen (secondary N) is 1. The number of aromatic nitrogens is 1. The Hall–Kier alpha value is -1.47. The van der Waals surface area contributed by atoms with E-state index in [9.17, 15) is 9.59 Å². The van der Waals surface area contributed by atoms with Gasteiger partial charge in [-0.15, -0.1) is 0 Å². The Morgan fingerprint density at radius 1 is 1.56 bits per heavy atom. The van der Waals surface area contributed by atoms with E-state index >= 15 is 0 Å². The molecule has 7 heteroatoms. The number of esters is 1. The minimum Gasteiger partial charge on any atom is -0.462 e. The quantitative estimate of drug-likeness (QED) is 0.764. The van der Waals surface area contributed by atoms with E-state index in [1.54, 1.807) is 6.92 Å². The molecular formula is C9H12N2O4S. The van der Waals surface area contributed by atoms with Crippen LogP contribution in [0.1, 0.15) is 29.2 Å². The zero-order chi connectivity index (χ0) is 12.1. The predicted octanol–water partition coefficient (Wildman–Crippen LogP) is 0.770. The summed E-state index contributed by atoms with van der Waals surface area (Å²) < 4.78 is 4.80. The molecule has 0 bridgehead atoms. The van der Waals surface area contributed by atoms with Crippen molar-refractivity contribution in [1.82, 2.24) is 4.98 Å². The number of ether oxygens (including phenoxy) is 1. The van der Waals surface area contributed by atoms with Crippen molar-refractivity contribution in [3.8, 4) is 0 Å². The molecule has 16 heavy (non-hydrogen) atoms. The van der Waals surface area contributed by atoms with Crippen LogP contribution in [0.2, 0.25) is 0 Å². The molecule has 0 radical (unpaired) electrons. The number of carbonyl (C=O) groups is 2. The lowest BCUT2D eigenvalue weighted by Crippen LogP contribution is -2.05. The van der Waals surface area contributed by atoms with Crippen LogP contribution < -0.4 is 5.32 Å². The third kappa shape index (κ3) is 3.01. The molecule has 1 rings (SSSR count). The lowest BCUT2D eigenvalue weighted by molar-refractivity contribution is -0.114. The molecule has 0 spiro atoms. The van der Waals surface area contributed by atoms with Crippen molar-refractivity contribution in [2.45, 2.75) is 20.5 Å². The molecule has 1 aromatic rings. The molecule has 0 fully saturated rings. The van der Waals surface area contributed by atoms with Crippen molar-refractivity contribution in [2.24, 2.45) is 0 Å². The monoisotopic (exact) mass is 244 g/mol. The smallest absolute Gasteiger partial charge is 0.350 e. The fourth-order valence-electron chi connectivity index (χ4n) is 1.02. The number of carbonyl (C=O) groups excluding carboxylic acids is 2. The summed E-state index contributed by atoms with van der Waals surface area (Å²) in [4.78, 5) is 26.4. The SMILES string of the molecule is CCOC(=O)c1sc(NC(C)=O)nc1CO. The minimum atomic E-state index is -0.541. The highest BCUT2D eigenvalue weighted by molar-refractivity contribution is 7.17. The number of hydrogen-bond acceptors (Lipinski definition) is 6. The first-order valence-corrected chi connectivity index (χ1v) is 5.45. The standard InChI is InChI=1S/C9H12N2O4S/c1-3-15-8(14)7-6(4-12)11-9(16-7)10-5(2)13/h12H,3-4H2,1-2H3,(H,10,11,13). The number of rotatable bonds is 4. The number of anilines is 1. The summed E-state index contributed by atoms with van der Waals surface area (Å²) in [6, 6.07) is 0. The number of thiazole rings is 1. The molecule has 0 aliphatic heterocycles. The maximum Gasteiger partial charge on any atom is 0.350 e. The third-order valence-electron chi connectivity index (χ3n) is 1.59. The van der Waals surface area contributed by atoms with Gasteiger partial charge in [0.2, 0.25) is 5.91 Å². The van der Waals surface area contributed by atoms with E-state index in [0.29, 0.717) is 0 Å². The van der Waals surface area contributed by atoms with E-state index < -0.39 is 5.97 Å². The van der Waals surface area contributed by atoms with E-state index in [-0.39, 0.29) is 34.8 Å². The van der Waals surface area contributed by atoms with Crippen molar-refractivity contribution < 1.29 is 19.4 Å². The fraction of sp³-hybridized carbons (Fsp3) is 0.444. The van der Waals surface area contributed by atoms with Crippen LogP contribution in [0.5, 0.6) is 0 Å². The maximum absolute atomic E-state index is 11.4. The highest BCUT2D eigenvalue weighted by Gasteiger charge is 2.18. The van der Waals surface area contributed by atoms with E-state index in [0.717, 1.165) is 11.3 Å². The van der Waals surface area contributed by atoms with Gasteiger partial charge in [-0.2, -0.15) is 0 Å². The summed E-state index contributed by atoms with van der Waals surface area (Å²) in [6.07, 6.45) is 0. The Labute approximate surface area is 96.3 Å². The first-order chi connectivity index (χ1) is 7.58. The summed E-state index contributed by atoms with van der Waals surface area (Å²) in [5.41, 5.74) is 0.215. The van der Waals surface area contributed by atoms with Crippen molar-refractivity contribution in [2.75, 3.05) is 11.9 Å². The number of amides is 1.